The maximum atomic E-state index is 12.2. The molecule has 0 atom stereocenters. The summed E-state index contributed by atoms with van der Waals surface area (Å²) in [5.74, 6) is -0.313. The van der Waals surface area contributed by atoms with E-state index in [0.29, 0.717) is 19.4 Å². The summed E-state index contributed by atoms with van der Waals surface area (Å²) in [6, 6.07) is -0.241. The number of ether oxygens (including phenoxy) is 1. The first-order valence-corrected chi connectivity index (χ1v) is 11.3. The molecule has 1 saturated carbocycles. The Kier molecular flexibility index (Phi) is 13.0. The van der Waals surface area contributed by atoms with E-state index < -0.39 is 5.54 Å². The lowest BCUT2D eigenvalue weighted by atomic mass is 9.82. The average Bonchev–Trinajstić information content (AvgIpc) is 2.68. The van der Waals surface area contributed by atoms with Gasteiger partial charge in [0.2, 0.25) is 0 Å². The molecule has 0 unspecified atom stereocenters. The number of nitrogens with one attached hydrogen (secondary N) is 2. The molecular weight excluding hydrogens is 340 g/mol. The number of rotatable bonds is 14. The second-order valence-corrected chi connectivity index (χ2v) is 8.05. The first kappa shape index (κ1) is 23.8. The maximum absolute atomic E-state index is 12.2. The molecule has 0 aliphatic heterocycles. The molecule has 158 valence electrons. The molecule has 1 rings (SSSR count). The molecule has 1 aliphatic carbocycles. The van der Waals surface area contributed by atoms with Crippen LogP contribution in [0, 0.1) is 0 Å². The van der Waals surface area contributed by atoms with Crippen molar-refractivity contribution in [3.8, 4) is 0 Å². The van der Waals surface area contributed by atoms with Crippen LogP contribution < -0.4 is 10.6 Å². The lowest BCUT2D eigenvalue weighted by Gasteiger charge is -2.35. The highest BCUT2D eigenvalue weighted by Crippen LogP contribution is 2.29. The monoisotopic (exact) mass is 382 g/mol. The van der Waals surface area contributed by atoms with Gasteiger partial charge in [0.25, 0.3) is 0 Å². The number of hydrogen-bond donors (Lipinski definition) is 2. The third-order valence-electron chi connectivity index (χ3n) is 5.70. The third kappa shape index (κ3) is 10.0. The highest BCUT2D eigenvalue weighted by Gasteiger charge is 2.41. The van der Waals surface area contributed by atoms with E-state index in [4.69, 9.17) is 4.74 Å². The molecule has 0 aromatic carbocycles. The van der Waals surface area contributed by atoms with Crippen LogP contribution in [-0.2, 0) is 9.53 Å². The highest BCUT2D eigenvalue weighted by molar-refractivity contribution is 5.87. The summed E-state index contributed by atoms with van der Waals surface area (Å²) in [6.45, 7) is 2.92. The molecule has 1 fully saturated rings. The molecule has 0 radical (unpaired) electrons. The Morgan fingerprint density at radius 3 is 1.85 bits per heavy atom. The van der Waals surface area contributed by atoms with Crippen LogP contribution in [0.1, 0.15) is 110 Å². The standard InChI is InChI=1S/C22H42N2O3/c1-3-4-5-6-7-8-9-10-11-12-16-19-23-21(26)24-22(20(25)27-2)17-14-13-15-18-22/h3-19H2,1-2H3,(H2,23,24,26). The van der Waals surface area contributed by atoms with E-state index in [1.54, 1.807) is 0 Å². The predicted molar refractivity (Wildman–Crippen MR) is 111 cm³/mol. The fraction of sp³-hybridized carbons (Fsp3) is 0.909. The quantitative estimate of drug-likeness (QED) is 0.309. The second kappa shape index (κ2) is 14.8. The van der Waals surface area contributed by atoms with Gasteiger partial charge in [-0.25, -0.2) is 9.59 Å². The summed E-state index contributed by atoms with van der Waals surface area (Å²) in [5, 5.41) is 5.80. The smallest absolute Gasteiger partial charge is 0.331 e. The van der Waals surface area contributed by atoms with Crippen LogP contribution in [0.3, 0.4) is 0 Å². The Hall–Kier alpha value is -1.26. The van der Waals surface area contributed by atoms with E-state index >= 15 is 0 Å². The Morgan fingerprint density at radius 1 is 0.815 bits per heavy atom. The van der Waals surface area contributed by atoms with Gasteiger partial charge in [-0.3, -0.25) is 0 Å². The first-order chi connectivity index (χ1) is 13.1. The molecule has 1 aliphatic rings. The molecule has 5 nitrogen and oxygen atoms in total. The summed E-state index contributed by atoms with van der Waals surface area (Å²) in [6.07, 6.45) is 18.6. The van der Waals surface area contributed by atoms with E-state index in [-0.39, 0.29) is 12.0 Å². The van der Waals surface area contributed by atoms with Gasteiger partial charge in [-0.2, -0.15) is 0 Å². The van der Waals surface area contributed by atoms with Crippen LogP contribution in [0.5, 0.6) is 0 Å². The Bertz CT molecular complexity index is 406. The number of carbonyl (C=O) groups is 2. The van der Waals surface area contributed by atoms with Crippen LogP contribution in [0.4, 0.5) is 4.79 Å². The zero-order valence-corrected chi connectivity index (χ0v) is 17.7. The van der Waals surface area contributed by atoms with Crippen LogP contribution in [0.15, 0.2) is 0 Å². The lowest BCUT2D eigenvalue weighted by Crippen LogP contribution is -2.58. The normalized spacial score (nSPS) is 15.9. The fourth-order valence-electron chi connectivity index (χ4n) is 3.98. The Balaban J connectivity index is 2.04. The molecule has 0 aromatic heterocycles. The Morgan fingerprint density at radius 2 is 1.33 bits per heavy atom. The second-order valence-electron chi connectivity index (χ2n) is 8.05. The number of hydrogen-bond acceptors (Lipinski definition) is 3. The maximum Gasteiger partial charge on any atom is 0.331 e. The van der Waals surface area contributed by atoms with Gasteiger partial charge < -0.3 is 15.4 Å². The van der Waals surface area contributed by atoms with Crippen LogP contribution >= 0.6 is 0 Å². The SMILES string of the molecule is CCCCCCCCCCCCCNC(=O)NC1(C(=O)OC)CCCCC1. The zero-order chi connectivity index (χ0) is 19.8. The summed E-state index contributed by atoms with van der Waals surface area (Å²) in [7, 11) is 1.39. The molecule has 0 bridgehead atoms. The number of urea groups is 1. The Labute approximate surface area is 166 Å². The third-order valence-corrected chi connectivity index (χ3v) is 5.70. The van der Waals surface area contributed by atoms with Crippen LogP contribution in [-0.4, -0.2) is 31.2 Å². The largest absolute Gasteiger partial charge is 0.467 e. The van der Waals surface area contributed by atoms with Gasteiger partial charge in [0.1, 0.15) is 5.54 Å². The van der Waals surface area contributed by atoms with Crippen molar-refractivity contribution < 1.29 is 14.3 Å². The minimum absolute atomic E-state index is 0.241. The van der Waals surface area contributed by atoms with E-state index in [1.807, 2.05) is 0 Å². The lowest BCUT2D eigenvalue weighted by molar-refractivity contribution is -0.149. The summed E-state index contributed by atoms with van der Waals surface area (Å²) >= 11 is 0. The topological polar surface area (TPSA) is 67.4 Å². The molecule has 2 N–H and O–H groups in total. The van der Waals surface area contributed by atoms with Gasteiger partial charge in [0.15, 0.2) is 0 Å². The van der Waals surface area contributed by atoms with Crippen molar-refractivity contribution in [1.82, 2.24) is 10.6 Å². The number of unbranched alkanes of at least 4 members (excludes halogenated alkanes) is 10. The van der Waals surface area contributed by atoms with Crippen molar-refractivity contribution in [3.63, 3.8) is 0 Å². The minimum atomic E-state index is -0.825. The number of amides is 2. The van der Waals surface area contributed by atoms with Crippen molar-refractivity contribution in [2.24, 2.45) is 0 Å². The average molecular weight is 383 g/mol. The van der Waals surface area contributed by atoms with E-state index in [2.05, 4.69) is 17.6 Å². The van der Waals surface area contributed by atoms with Gasteiger partial charge in [0, 0.05) is 6.54 Å². The predicted octanol–water partition coefficient (Wildman–Crippen LogP) is 5.47. The highest BCUT2D eigenvalue weighted by atomic mass is 16.5. The molecule has 5 heteroatoms. The van der Waals surface area contributed by atoms with Crippen molar-refractivity contribution in [1.29, 1.82) is 0 Å². The molecule has 0 spiro atoms. The summed E-state index contributed by atoms with van der Waals surface area (Å²) in [4.78, 5) is 24.3. The minimum Gasteiger partial charge on any atom is -0.467 e. The van der Waals surface area contributed by atoms with Gasteiger partial charge in [0.05, 0.1) is 7.11 Å². The number of methoxy groups -OCH3 is 1. The fourth-order valence-corrected chi connectivity index (χ4v) is 3.98. The van der Waals surface area contributed by atoms with Gasteiger partial charge in [-0.15, -0.1) is 0 Å². The van der Waals surface area contributed by atoms with Crippen LogP contribution in [0.25, 0.3) is 0 Å². The number of carbonyl (C=O) groups excluding carboxylic acids is 2. The van der Waals surface area contributed by atoms with Crippen molar-refractivity contribution in [2.45, 2.75) is 115 Å². The molecule has 0 heterocycles. The van der Waals surface area contributed by atoms with Crippen molar-refractivity contribution in [3.05, 3.63) is 0 Å². The molecule has 0 aromatic rings. The summed E-state index contributed by atoms with van der Waals surface area (Å²) < 4.78 is 4.93. The molecular formula is C22H42N2O3. The van der Waals surface area contributed by atoms with Gasteiger partial charge in [-0.1, -0.05) is 90.4 Å². The van der Waals surface area contributed by atoms with E-state index in [0.717, 1.165) is 32.1 Å². The zero-order valence-electron chi connectivity index (χ0n) is 17.7. The number of esters is 1. The van der Waals surface area contributed by atoms with Crippen molar-refractivity contribution >= 4 is 12.0 Å². The summed E-state index contributed by atoms with van der Waals surface area (Å²) in [5.41, 5.74) is -0.825. The van der Waals surface area contributed by atoms with E-state index in [9.17, 15) is 9.59 Å². The van der Waals surface area contributed by atoms with Gasteiger partial charge >= 0.3 is 12.0 Å². The van der Waals surface area contributed by atoms with Gasteiger partial charge in [-0.05, 0) is 19.3 Å². The molecule has 2 amide bonds. The first-order valence-electron chi connectivity index (χ1n) is 11.3. The van der Waals surface area contributed by atoms with Crippen molar-refractivity contribution in [2.75, 3.05) is 13.7 Å². The van der Waals surface area contributed by atoms with E-state index in [1.165, 1.54) is 64.9 Å². The molecule has 0 saturated heterocycles. The van der Waals surface area contributed by atoms with Crippen LogP contribution in [0.2, 0.25) is 0 Å². The molecule has 27 heavy (non-hydrogen) atoms.